The third-order valence-electron chi connectivity index (χ3n) is 3.62. The van der Waals surface area contributed by atoms with Crippen LogP contribution in [0.25, 0.3) is 5.65 Å². The van der Waals surface area contributed by atoms with Crippen LogP contribution in [0.1, 0.15) is 27.3 Å². The van der Waals surface area contributed by atoms with Gasteiger partial charge in [-0.1, -0.05) is 17.7 Å². The van der Waals surface area contributed by atoms with Crippen molar-refractivity contribution in [1.29, 1.82) is 0 Å². The number of hydrogen-bond acceptors (Lipinski definition) is 2. The number of benzene rings is 1. The summed E-state index contributed by atoms with van der Waals surface area (Å²) in [5.74, 6) is -0.195. The molecule has 112 valence electrons. The highest BCUT2D eigenvalue weighted by Gasteiger charge is 2.17. The Morgan fingerprint density at radius 2 is 1.95 bits per heavy atom. The van der Waals surface area contributed by atoms with Crippen LogP contribution in [0.5, 0.6) is 0 Å². The van der Waals surface area contributed by atoms with Gasteiger partial charge in [0.25, 0.3) is 5.91 Å². The van der Waals surface area contributed by atoms with Crippen LogP contribution in [0, 0.1) is 20.8 Å². The number of imidazole rings is 1. The standard InChI is InChI=1S/C17H16ClN3O/c1-10-6-7-21-15(8-10)19-12(3)16(21)17(22)20-14-9-13(18)5-4-11(14)2/h4-9H,1-3H3,(H,20,22). The molecule has 0 spiro atoms. The number of aromatic nitrogens is 2. The number of hydrogen-bond donors (Lipinski definition) is 1. The number of carbonyl (C=O) groups excluding carboxylic acids is 1. The number of halogens is 1. The molecule has 0 atom stereocenters. The summed E-state index contributed by atoms with van der Waals surface area (Å²) in [5, 5.41) is 3.51. The summed E-state index contributed by atoms with van der Waals surface area (Å²) < 4.78 is 1.80. The summed E-state index contributed by atoms with van der Waals surface area (Å²) in [6, 6.07) is 9.33. The monoisotopic (exact) mass is 313 g/mol. The lowest BCUT2D eigenvalue weighted by Gasteiger charge is -2.09. The van der Waals surface area contributed by atoms with Gasteiger partial charge in [0.1, 0.15) is 11.3 Å². The molecule has 0 aliphatic rings. The van der Waals surface area contributed by atoms with Crippen LogP contribution in [0.3, 0.4) is 0 Å². The van der Waals surface area contributed by atoms with Crippen molar-refractivity contribution < 1.29 is 4.79 Å². The Morgan fingerprint density at radius 1 is 1.18 bits per heavy atom. The van der Waals surface area contributed by atoms with Gasteiger partial charge >= 0.3 is 0 Å². The molecule has 2 heterocycles. The highest BCUT2D eigenvalue weighted by Crippen LogP contribution is 2.22. The highest BCUT2D eigenvalue weighted by atomic mass is 35.5. The minimum Gasteiger partial charge on any atom is -0.320 e. The van der Waals surface area contributed by atoms with E-state index in [0.717, 1.165) is 16.8 Å². The van der Waals surface area contributed by atoms with Gasteiger partial charge in [-0.05, 0) is 56.2 Å². The molecule has 0 bridgehead atoms. The van der Waals surface area contributed by atoms with Crippen molar-refractivity contribution in [3.8, 4) is 0 Å². The molecule has 22 heavy (non-hydrogen) atoms. The summed E-state index contributed by atoms with van der Waals surface area (Å²) in [7, 11) is 0. The zero-order valence-electron chi connectivity index (χ0n) is 12.6. The van der Waals surface area contributed by atoms with E-state index in [-0.39, 0.29) is 5.91 Å². The highest BCUT2D eigenvalue weighted by molar-refractivity contribution is 6.31. The van der Waals surface area contributed by atoms with Crippen molar-refractivity contribution in [2.45, 2.75) is 20.8 Å². The molecule has 1 N–H and O–H groups in total. The maximum Gasteiger partial charge on any atom is 0.274 e. The summed E-state index contributed by atoms with van der Waals surface area (Å²) in [6.45, 7) is 5.76. The number of amides is 1. The minimum absolute atomic E-state index is 0.195. The molecule has 1 aromatic carbocycles. The first-order chi connectivity index (χ1) is 10.5. The molecule has 4 nitrogen and oxygen atoms in total. The molecular weight excluding hydrogens is 298 g/mol. The third kappa shape index (κ3) is 2.57. The third-order valence-corrected chi connectivity index (χ3v) is 3.85. The number of nitrogens with one attached hydrogen (secondary N) is 1. The number of aryl methyl sites for hydroxylation is 3. The second-order valence-corrected chi connectivity index (χ2v) is 5.83. The molecule has 0 fully saturated rings. The van der Waals surface area contributed by atoms with Crippen LogP contribution < -0.4 is 5.32 Å². The van der Waals surface area contributed by atoms with Gasteiger partial charge in [0.2, 0.25) is 0 Å². The lowest BCUT2D eigenvalue weighted by Crippen LogP contribution is -2.16. The second-order valence-electron chi connectivity index (χ2n) is 5.39. The normalized spacial score (nSPS) is 10.9. The van der Waals surface area contributed by atoms with E-state index in [9.17, 15) is 4.79 Å². The average molecular weight is 314 g/mol. The maximum atomic E-state index is 12.6. The number of pyridine rings is 1. The van der Waals surface area contributed by atoms with Gasteiger partial charge < -0.3 is 5.32 Å². The Bertz CT molecular complexity index is 883. The van der Waals surface area contributed by atoms with Crippen molar-refractivity contribution in [2.75, 3.05) is 5.32 Å². The van der Waals surface area contributed by atoms with E-state index in [1.165, 1.54) is 0 Å². The summed E-state index contributed by atoms with van der Waals surface area (Å²) in [4.78, 5) is 17.1. The molecule has 2 aromatic heterocycles. The van der Waals surface area contributed by atoms with E-state index in [4.69, 9.17) is 11.6 Å². The Kier molecular flexibility index (Phi) is 3.62. The molecule has 1 amide bonds. The first kappa shape index (κ1) is 14.6. The first-order valence-corrected chi connectivity index (χ1v) is 7.36. The molecule has 3 rings (SSSR count). The van der Waals surface area contributed by atoms with Crippen LogP contribution in [-0.2, 0) is 0 Å². The van der Waals surface area contributed by atoms with E-state index in [1.54, 1.807) is 16.5 Å². The summed E-state index contributed by atoms with van der Waals surface area (Å²) in [6.07, 6.45) is 1.87. The largest absolute Gasteiger partial charge is 0.320 e. The molecule has 0 saturated heterocycles. The van der Waals surface area contributed by atoms with E-state index in [1.807, 2.05) is 45.2 Å². The smallest absolute Gasteiger partial charge is 0.274 e. The fraction of sp³-hybridized carbons (Fsp3) is 0.176. The number of rotatable bonds is 2. The molecular formula is C17H16ClN3O. The topological polar surface area (TPSA) is 46.4 Å². The lowest BCUT2D eigenvalue weighted by molar-refractivity contribution is 0.102. The Labute approximate surface area is 133 Å². The minimum atomic E-state index is -0.195. The molecule has 0 saturated carbocycles. The molecule has 5 heteroatoms. The molecule has 3 aromatic rings. The van der Waals surface area contributed by atoms with Gasteiger partial charge in [-0.3, -0.25) is 9.20 Å². The molecule has 0 unspecified atom stereocenters. The molecule has 0 aliphatic carbocycles. The number of nitrogens with zero attached hydrogens (tertiary/aromatic N) is 2. The lowest BCUT2D eigenvalue weighted by atomic mass is 10.2. The van der Waals surface area contributed by atoms with E-state index in [2.05, 4.69) is 10.3 Å². The predicted molar refractivity (Wildman–Crippen MR) is 88.8 cm³/mol. The van der Waals surface area contributed by atoms with Gasteiger partial charge in [-0.15, -0.1) is 0 Å². The van der Waals surface area contributed by atoms with Gasteiger partial charge in [0.05, 0.1) is 5.69 Å². The van der Waals surface area contributed by atoms with Crippen molar-refractivity contribution in [3.63, 3.8) is 0 Å². The van der Waals surface area contributed by atoms with E-state index < -0.39 is 0 Å². The van der Waals surface area contributed by atoms with Gasteiger partial charge in [0.15, 0.2) is 0 Å². The van der Waals surface area contributed by atoms with Crippen LogP contribution >= 0.6 is 11.6 Å². The summed E-state index contributed by atoms with van der Waals surface area (Å²) in [5.41, 5.74) is 4.77. The van der Waals surface area contributed by atoms with E-state index in [0.29, 0.717) is 22.1 Å². The Balaban J connectivity index is 2.02. The van der Waals surface area contributed by atoms with Gasteiger partial charge in [-0.2, -0.15) is 0 Å². The SMILES string of the molecule is Cc1ccn2c(C(=O)Nc3cc(Cl)ccc3C)c(C)nc2c1. The molecule has 0 radical (unpaired) electrons. The summed E-state index contributed by atoms with van der Waals surface area (Å²) >= 11 is 6.00. The van der Waals surface area contributed by atoms with Gasteiger partial charge in [0, 0.05) is 16.9 Å². The second kappa shape index (κ2) is 5.46. The average Bonchev–Trinajstić information content (AvgIpc) is 2.77. The van der Waals surface area contributed by atoms with Crippen molar-refractivity contribution in [2.24, 2.45) is 0 Å². The van der Waals surface area contributed by atoms with Crippen LogP contribution in [0.2, 0.25) is 5.02 Å². The number of carbonyl (C=O) groups is 1. The van der Waals surface area contributed by atoms with Crippen LogP contribution in [-0.4, -0.2) is 15.3 Å². The van der Waals surface area contributed by atoms with E-state index >= 15 is 0 Å². The van der Waals surface area contributed by atoms with Crippen molar-refractivity contribution in [3.05, 3.63) is 64.1 Å². The Hall–Kier alpha value is -2.33. The van der Waals surface area contributed by atoms with Crippen LogP contribution in [0.15, 0.2) is 36.5 Å². The number of anilines is 1. The van der Waals surface area contributed by atoms with Crippen molar-refractivity contribution in [1.82, 2.24) is 9.38 Å². The zero-order chi connectivity index (χ0) is 15.9. The fourth-order valence-electron chi connectivity index (χ4n) is 2.45. The number of fused-ring (bicyclic) bond motifs is 1. The molecule has 0 aliphatic heterocycles. The quantitative estimate of drug-likeness (QED) is 0.772. The Morgan fingerprint density at radius 3 is 2.73 bits per heavy atom. The zero-order valence-corrected chi connectivity index (χ0v) is 13.4. The van der Waals surface area contributed by atoms with Gasteiger partial charge in [-0.25, -0.2) is 4.98 Å². The van der Waals surface area contributed by atoms with Crippen molar-refractivity contribution >= 4 is 28.8 Å². The van der Waals surface area contributed by atoms with Crippen LogP contribution in [0.4, 0.5) is 5.69 Å². The first-order valence-electron chi connectivity index (χ1n) is 6.98. The maximum absolute atomic E-state index is 12.6. The fourth-order valence-corrected chi connectivity index (χ4v) is 2.62. The predicted octanol–water partition coefficient (Wildman–Crippen LogP) is 4.17.